The highest BCUT2D eigenvalue weighted by atomic mass is 32.2. The summed E-state index contributed by atoms with van der Waals surface area (Å²) in [6, 6.07) is 15.8. The lowest BCUT2D eigenvalue weighted by molar-refractivity contribution is -0.127. The van der Waals surface area contributed by atoms with Crippen molar-refractivity contribution in [1.82, 2.24) is 19.7 Å². The monoisotopic (exact) mass is 396 g/mol. The standard InChI is InChI=1S/C21H24N4O2S/c1-15-7-5-6-8-17(15)13-24(3)20(26)14-28-21-23-22-16(2)25(21)18-9-11-19(27-4)12-10-18/h5-12H,13-14H2,1-4H3. The van der Waals surface area contributed by atoms with E-state index in [4.69, 9.17) is 4.74 Å². The molecule has 0 aliphatic rings. The number of carbonyl (C=O) groups excluding carboxylic acids is 1. The van der Waals surface area contributed by atoms with Crippen LogP contribution in [0.5, 0.6) is 5.75 Å². The Morgan fingerprint density at radius 1 is 1.11 bits per heavy atom. The van der Waals surface area contributed by atoms with E-state index in [1.54, 1.807) is 12.0 Å². The number of ether oxygens (including phenoxy) is 1. The van der Waals surface area contributed by atoms with Gasteiger partial charge in [-0.15, -0.1) is 10.2 Å². The molecule has 1 aromatic heterocycles. The molecule has 0 atom stereocenters. The average Bonchev–Trinajstić information content (AvgIpc) is 3.08. The van der Waals surface area contributed by atoms with Crippen molar-refractivity contribution in [3.05, 3.63) is 65.5 Å². The van der Waals surface area contributed by atoms with E-state index in [1.165, 1.54) is 17.3 Å². The Balaban J connectivity index is 1.67. The molecule has 0 radical (unpaired) electrons. The van der Waals surface area contributed by atoms with Crippen LogP contribution in [0.2, 0.25) is 0 Å². The third-order valence-electron chi connectivity index (χ3n) is 4.55. The van der Waals surface area contributed by atoms with E-state index in [-0.39, 0.29) is 5.91 Å². The first-order valence-corrected chi connectivity index (χ1v) is 9.96. The largest absolute Gasteiger partial charge is 0.497 e. The molecule has 3 aromatic rings. The van der Waals surface area contributed by atoms with E-state index < -0.39 is 0 Å². The van der Waals surface area contributed by atoms with Crippen LogP contribution in [0, 0.1) is 13.8 Å². The Morgan fingerprint density at radius 2 is 1.82 bits per heavy atom. The van der Waals surface area contributed by atoms with Crippen molar-refractivity contribution in [2.45, 2.75) is 25.5 Å². The molecule has 1 amide bonds. The average molecular weight is 397 g/mol. The predicted molar refractivity (Wildman–Crippen MR) is 111 cm³/mol. The Labute approximate surface area is 169 Å². The Morgan fingerprint density at radius 3 is 2.50 bits per heavy atom. The Hall–Kier alpha value is -2.80. The lowest BCUT2D eigenvalue weighted by Crippen LogP contribution is -2.28. The molecule has 146 valence electrons. The molecule has 0 unspecified atom stereocenters. The smallest absolute Gasteiger partial charge is 0.233 e. The fourth-order valence-corrected chi connectivity index (χ4v) is 3.77. The maximum atomic E-state index is 12.6. The van der Waals surface area contributed by atoms with Gasteiger partial charge in [-0.3, -0.25) is 9.36 Å². The molecule has 0 aliphatic carbocycles. The van der Waals surface area contributed by atoms with Crippen molar-refractivity contribution in [2.75, 3.05) is 19.9 Å². The third kappa shape index (κ3) is 4.54. The molecule has 0 bridgehead atoms. The summed E-state index contributed by atoms with van der Waals surface area (Å²) in [4.78, 5) is 14.3. The molecule has 0 spiro atoms. The van der Waals surface area contributed by atoms with Crippen molar-refractivity contribution in [3.63, 3.8) is 0 Å². The van der Waals surface area contributed by atoms with Crippen LogP contribution in [0.4, 0.5) is 0 Å². The molecule has 0 N–H and O–H groups in total. The molecule has 3 rings (SSSR count). The highest BCUT2D eigenvalue weighted by Crippen LogP contribution is 2.24. The van der Waals surface area contributed by atoms with Gasteiger partial charge in [0, 0.05) is 19.3 Å². The highest BCUT2D eigenvalue weighted by Gasteiger charge is 2.16. The first-order valence-electron chi connectivity index (χ1n) is 8.97. The second-order valence-corrected chi connectivity index (χ2v) is 7.47. The molecule has 7 heteroatoms. The van der Waals surface area contributed by atoms with Crippen molar-refractivity contribution < 1.29 is 9.53 Å². The number of rotatable bonds is 7. The summed E-state index contributed by atoms with van der Waals surface area (Å²) in [5, 5.41) is 9.11. The number of aryl methyl sites for hydroxylation is 2. The van der Waals surface area contributed by atoms with Crippen LogP contribution < -0.4 is 4.74 Å². The fourth-order valence-electron chi connectivity index (χ4n) is 2.83. The van der Waals surface area contributed by atoms with E-state index in [2.05, 4.69) is 29.3 Å². The van der Waals surface area contributed by atoms with Crippen LogP contribution in [0.15, 0.2) is 53.7 Å². The number of methoxy groups -OCH3 is 1. The lowest BCUT2D eigenvalue weighted by atomic mass is 10.1. The number of thioether (sulfide) groups is 1. The van der Waals surface area contributed by atoms with Gasteiger partial charge in [0.25, 0.3) is 0 Å². The van der Waals surface area contributed by atoms with Crippen molar-refractivity contribution in [1.29, 1.82) is 0 Å². The SMILES string of the molecule is COc1ccc(-n2c(C)nnc2SCC(=O)N(C)Cc2ccccc2C)cc1. The zero-order valence-electron chi connectivity index (χ0n) is 16.5. The maximum Gasteiger partial charge on any atom is 0.233 e. The van der Waals surface area contributed by atoms with E-state index >= 15 is 0 Å². The number of hydrogen-bond acceptors (Lipinski definition) is 5. The van der Waals surface area contributed by atoms with E-state index in [1.807, 2.05) is 54.9 Å². The van der Waals surface area contributed by atoms with Gasteiger partial charge in [-0.25, -0.2) is 0 Å². The third-order valence-corrected chi connectivity index (χ3v) is 5.46. The zero-order chi connectivity index (χ0) is 20.1. The van der Waals surface area contributed by atoms with Gasteiger partial charge in [0.05, 0.1) is 12.9 Å². The number of nitrogens with zero attached hydrogens (tertiary/aromatic N) is 4. The minimum absolute atomic E-state index is 0.0511. The zero-order valence-corrected chi connectivity index (χ0v) is 17.4. The summed E-state index contributed by atoms with van der Waals surface area (Å²) < 4.78 is 7.16. The molecule has 28 heavy (non-hydrogen) atoms. The molecule has 6 nitrogen and oxygen atoms in total. The van der Waals surface area contributed by atoms with Crippen LogP contribution in [-0.2, 0) is 11.3 Å². The second-order valence-electron chi connectivity index (χ2n) is 6.53. The van der Waals surface area contributed by atoms with Crippen molar-refractivity contribution in [2.24, 2.45) is 0 Å². The van der Waals surface area contributed by atoms with Crippen LogP contribution in [-0.4, -0.2) is 45.5 Å². The molecule has 2 aromatic carbocycles. The second kappa shape index (κ2) is 8.93. The van der Waals surface area contributed by atoms with Crippen LogP contribution in [0.3, 0.4) is 0 Å². The number of carbonyl (C=O) groups is 1. The van der Waals surface area contributed by atoms with Gasteiger partial charge in [-0.1, -0.05) is 36.0 Å². The van der Waals surface area contributed by atoms with Gasteiger partial charge >= 0.3 is 0 Å². The highest BCUT2D eigenvalue weighted by molar-refractivity contribution is 7.99. The quantitative estimate of drug-likeness (QED) is 0.571. The summed E-state index contributed by atoms with van der Waals surface area (Å²) in [6.45, 7) is 4.55. The lowest BCUT2D eigenvalue weighted by Gasteiger charge is -2.18. The minimum atomic E-state index is 0.0511. The van der Waals surface area contributed by atoms with Crippen LogP contribution >= 0.6 is 11.8 Å². The fraction of sp³-hybridized carbons (Fsp3) is 0.286. The molecule has 0 saturated heterocycles. The van der Waals surface area contributed by atoms with E-state index in [0.29, 0.717) is 17.5 Å². The van der Waals surface area contributed by atoms with Crippen molar-refractivity contribution in [3.8, 4) is 11.4 Å². The minimum Gasteiger partial charge on any atom is -0.497 e. The van der Waals surface area contributed by atoms with Crippen LogP contribution in [0.1, 0.15) is 17.0 Å². The first kappa shape index (κ1) is 19.9. The number of amides is 1. The number of hydrogen-bond donors (Lipinski definition) is 0. The summed E-state index contributed by atoms with van der Waals surface area (Å²) in [5.74, 6) is 1.91. The van der Waals surface area contributed by atoms with Crippen molar-refractivity contribution >= 4 is 17.7 Å². The molecular weight excluding hydrogens is 372 g/mol. The Kier molecular flexibility index (Phi) is 6.36. The molecular formula is C21H24N4O2S. The number of benzene rings is 2. The number of aromatic nitrogens is 3. The summed E-state index contributed by atoms with van der Waals surface area (Å²) >= 11 is 1.39. The topological polar surface area (TPSA) is 60.2 Å². The van der Waals surface area contributed by atoms with E-state index in [0.717, 1.165) is 22.8 Å². The summed E-state index contributed by atoms with van der Waals surface area (Å²) in [7, 11) is 3.47. The normalized spacial score (nSPS) is 10.7. The molecule has 1 heterocycles. The first-order chi connectivity index (χ1) is 13.5. The predicted octanol–water partition coefficient (Wildman–Crippen LogP) is 3.64. The molecule has 0 aliphatic heterocycles. The Bertz CT molecular complexity index is 953. The molecule has 0 fully saturated rings. The summed E-state index contributed by atoms with van der Waals surface area (Å²) in [6.07, 6.45) is 0. The van der Waals surface area contributed by atoms with Gasteiger partial charge in [0.2, 0.25) is 5.91 Å². The van der Waals surface area contributed by atoms with E-state index in [9.17, 15) is 4.79 Å². The van der Waals surface area contributed by atoms with Crippen LogP contribution in [0.25, 0.3) is 5.69 Å². The van der Waals surface area contributed by atoms with Gasteiger partial charge in [0.1, 0.15) is 11.6 Å². The van der Waals surface area contributed by atoms with Gasteiger partial charge in [-0.05, 0) is 49.2 Å². The van der Waals surface area contributed by atoms with Gasteiger partial charge < -0.3 is 9.64 Å². The summed E-state index contributed by atoms with van der Waals surface area (Å²) in [5.41, 5.74) is 3.27. The van der Waals surface area contributed by atoms with Gasteiger partial charge in [-0.2, -0.15) is 0 Å². The maximum absolute atomic E-state index is 12.6. The van der Waals surface area contributed by atoms with Gasteiger partial charge in [0.15, 0.2) is 5.16 Å². The molecule has 0 saturated carbocycles.